The van der Waals surface area contributed by atoms with Crippen molar-refractivity contribution < 1.29 is 9.47 Å². The van der Waals surface area contributed by atoms with Crippen molar-refractivity contribution in [2.24, 2.45) is 0 Å². The molecule has 1 atom stereocenters. The molecule has 1 heterocycles. The van der Waals surface area contributed by atoms with Gasteiger partial charge in [-0.1, -0.05) is 23.7 Å². The molecule has 1 aromatic heterocycles. The van der Waals surface area contributed by atoms with E-state index < -0.39 is 0 Å². The van der Waals surface area contributed by atoms with Gasteiger partial charge in [-0.3, -0.25) is 0 Å². The van der Waals surface area contributed by atoms with E-state index in [1.54, 1.807) is 13.2 Å². The number of benzene rings is 1. The van der Waals surface area contributed by atoms with Crippen molar-refractivity contribution in [3.05, 3.63) is 41.2 Å². The van der Waals surface area contributed by atoms with Crippen LogP contribution < -0.4 is 20.5 Å². The third kappa shape index (κ3) is 4.22. The average molecular weight is 323 g/mol. The van der Waals surface area contributed by atoms with E-state index in [-0.39, 0.29) is 6.10 Å². The van der Waals surface area contributed by atoms with Gasteiger partial charge in [0.1, 0.15) is 24.0 Å². The molecule has 0 unspecified atom stereocenters. The maximum absolute atomic E-state index is 6.06. The number of hydrogen-bond donors (Lipinski definition) is 2. The summed E-state index contributed by atoms with van der Waals surface area (Å²) >= 11 is 6.06. The number of anilines is 1. The van der Waals surface area contributed by atoms with Crippen LogP contribution in [0, 0.1) is 0 Å². The Morgan fingerprint density at radius 2 is 2.09 bits per heavy atom. The van der Waals surface area contributed by atoms with Gasteiger partial charge in [-0.25, -0.2) is 9.97 Å². The predicted molar refractivity (Wildman–Crippen MR) is 86.2 cm³/mol. The number of halogens is 1. The molecule has 1 aromatic carbocycles. The van der Waals surface area contributed by atoms with E-state index in [4.69, 9.17) is 26.8 Å². The molecule has 2 aromatic rings. The number of aromatic nitrogens is 2. The van der Waals surface area contributed by atoms with Gasteiger partial charge in [-0.05, 0) is 19.1 Å². The first-order valence-electron chi connectivity index (χ1n) is 6.87. The molecule has 3 N–H and O–H groups in total. The summed E-state index contributed by atoms with van der Waals surface area (Å²) in [5.41, 5.74) is 6.57. The molecule has 118 valence electrons. The largest absolute Gasteiger partial charge is 0.488 e. The second-order valence-electron chi connectivity index (χ2n) is 4.74. The maximum atomic E-state index is 6.06. The van der Waals surface area contributed by atoms with E-state index in [2.05, 4.69) is 15.3 Å². The van der Waals surface area contributed by atoms with Gasteiger partial charge in [0, 0.05) is 13.1 Å². The fourth-order valence-electron chi connectivity index (χ4n) is 1.95. The van der Waals surface area contributed by atoms with Gasteiger partial charge in [0.2, 0.25) is 5.88 Å². The highest BCUT2D eigenvalue weighted by atomic mass is 35.5. The molecule has 6 nitrogen and oxygen atoms in total. The number of hydrogen-bond acceptors (Lipinski definition) is 6. The van der Waals surface area contributed by atoms with Gasteiger partial charge in [-0.15, -0.1) is 0 Å². The molecular formula is C15H19ClN4O2. The lowest BCUT2D eigenvalue weighted by Gasteiger charge is -2.17. The fraction of sp³-hybridized carbons (Fsp3) is 0.333. The van der Waals surface area contributed by atoms with Crippen LogP contribution in [0.25, 0.3) is 0 Å². The Kier molecular flexibility index (Phi) is 5.80. The Balaban J connectivity index is 1.88. The summed E-state index contributed by atoms with van der Waals surface area (Å²) in [6, 6.07) is 7.38. The van der Waals surface area contributed by atoms with Gasteiger partial charge in [0.25, 0.3) is 0 Å². The third-order valence-corrected chi connectivity index (χ3v) is 3.34. The zero-order valence-electron chi connectivity index (χ0n) is 12.5. The summed E-state index contributed by atoms with van der Waals surface area (Å²) in [6.07, 6.45) is 1.32. The lowest BCUT2D eigenvalue weighted by molar-refractivity contribution is 0.216. The Labute approximate surface area is 134 Å². The fourth-order valence-corrected chi connectivity index (χ4v) is 2.13. The number of nitrogen functional groups attached to an aromatic ring is 1. The monoisotopic (exact) mass is 322 g/mol. The molecule has 0 aliphatic heterocycles. The third-order valence-electron chi connectivity index (χ3n) is 3.03. The minimum absolute atomic E-state index is 0.0586. The van der Waals surface area contributed by atoms with Crippen molar-refractivity contribution in [3.63, 3.8) is 0 Å². The maximum Gasteiger partial charge on any atom is 0.222 e. The van der Waals surface area contributed by atoms with Crippen LogP contribution in [-0.4, -0.2) is 29.7 Å². The predicted octanol–water partition coefficient (Wildman–Crippen LogP) is 2.28. The van der Waals surface area contributed by atoms with E-state index in [1.807, 2.05) is 25.1 Å². The second-order valence-corrected chi connectivity index (χ2v) is 5.14. The van der Waals surface area contributed by atoms with Crippen LogP contribution in [0.15, 0.2) is 30.6 Å². The molecule has 22 heavy (non-hydrogen) atoms. The van der Waals surface area contributed by atoms with Gasteiger partial charge >= 0.3 is 0 Å². The minimum atomic E-state index is -0.0586. The molecule has 7 heteroatoms. The van der Waals surface area contributed by atoms with Crippen LogP contribution in [0.5, 0.6) is 11.6 Å². The minimum Gasteiger partial charge on any atom is -0.488 e. The summed E-state index contributed by atoms with van der Waals surface area (Å²) in [5.74, 6) is 1.54. The topological polar surface area (TPSA) is 82.3 Å². The van der Waals surface area contributed by atoms with Crippen molar-refractivity contribution in [1.82, 2.24) is 15.3 Å². The van der Waals surface area contributed by atoms with Crippen molar-refractivity contribution in [1.29, 1.82) is 0 Å². The number of nitrogens with zero attached hydrogens (tertiary/aromatic N) is 2. The molecule has 0 aliphatic carbocycles. The van der Waals surface area contributed by atoms with E-state index >= 15 is 0 Å². The van der Waals surface area contributed by atoms with Gasteiger partial charge < -0.3 is 20.5 Å². The number of rotatable bonds is 7. The highest BCUT2D eigenvalue weighted by Crippen LogP contribution is 2.24. The Bertz CT molecular complexity index is 624. The molecule has 0 radical (unpaired) electrons. The first-order valence-corrected chi connectivity index (χ1v) is 7.25. The zero-order valence-corrected chi connectivity index (χ0v) is 13.3. The van der Waals surface area contributed by atoms with Crippen molar-refractivity contribution in [2.45, 2.75) is 19.6 Å². The van der Waals surface area contributed by atoms with Gasteiger partial charge in [-0.2, -0.15) is 0 Å². The highest BCUT2D eigenvalue weighted by Gasteiger charge is 2.11. The van der Waals surface area contributed by atoms with Gasteiger partial charge in [0.15, 0.2) is 0 Å². The molecule has 0 spiro atoms. The zero-order chi connectivity index (χ0) is 15.9. The first kappa shape index (κ1) is 16.3. The Morgan fingerprint density at radius 1 is 1.32 bits per heavy atom. The number of nitrogens with two attached hydrogens (primary N) is 1. The van der Waals surface area contributed by atoms with E-state index in [0.717, 1.165) is 5.56 Å². The summed E-state index contributed by atoms with van der Waals surface area (Å²) in [7, 11) is 1.55. The van der Waals surface area contributed by atoms with Crippen molar-refractivity contribution >= 4 is 17.4 Å². The molecule has 0 bridgehead atoms. The van der Waals surface area contributed by atoms with E-state index in [9.17, 15) is 0 Å². The van der Waals surface area contributed by atoms with Crippen LogP contribution in [-0.2, 0) is 6.54 Å². The van der Waals surface area contributed by atoms with E-state index in [0.29, 0.717) is 35.6 Å². The Morgan fingerprint density at radius 3 is 2.82 bits per heavy atom. The smallest absolute Gasteiger partial charge is 0.222 e. The first-order chi connectivity index (χ1) is 10.6. The molecule has 0 amide bonds. The van der Waals surface area contributed by atoms with E-state index in [1.165, 1.54) is 6.33 Å². The molecular weight excluding hydrogens is 304 g/mol. The van der Waals surface area contributed by atoms with Crippen LogP contribution in [0.4, 0.5) is 5.82 Å². The lowest BCUT2D eigenvalue weighted by Crippen LogP contribution is -2.29. The second kappa shape index (κ2) is 7.82. The van der Waals surface area contributed by atoms with Crippen molar-refractivity contribution in [3.8, 4) is 11.6 Å². The SMILES string of the molecule is COc1ncnc(N)c1CNC[C@H](C)Oc1ccccc1Cl. The summed E-state index contributed by atoms with van der Waals surface area (Å²) < 4.78 is 11.0. The standard InChI is InChI=1S/C15H19ClN4O2/c1-10(22-13-6-4-3-5-12(13)16)7-18-8-11-14(17)19-9-20-15(11)21-2/h3-6,9-10,18H,7-8H2,1-2H3,(H2,17,19,20)/t10-/m0/s1. The molecule has 0 aliphatic rings. The quantitative estimate of drug-likeness (QED) is 0.813. The number of ether oxygens (including phenoxy) is 2. The molecule has 0 saturated heterocycles. The summed E-state index contributed by atoms with van der Waals surface area (Å²) in [6.45, 7) is 3.06. The molecule has 2 rings (SSSR count). The molecule has 0 saturated carbocycles. The van der Waals surface area contributed by atoms with Crippen molar-refractivity contribution in [2.75, 3.05) is 19.4 Å². The normalized spacial score (nSPS) is 12.0. The molecule has 0 fully saturated rings. The average Bonchev–Trinajstić information content (AvgIpc) is 2.51. The number of nitrogens with one attached hydrogen (secondary N) is 1. The van der Waals surface area contributed by atoms with Crippen LogP contribution in [0.2, 0.25) is 5.02 Å². The highest BCUT2D eigenvalue weighted by molar-refractivity contribution is 6.32. The van der Waals surface area contributed by atoms with Crippen LogP contribution in [0.3, 0.4) is 0 Å². The van der Waals surface area contributed by atoms with Gasteiger partial charge in [0.05, 0.1) is 17.7 Å². The summed E-state index contributed by atoms with van der Waals surface area (Å²) in [5, 5.41) is 3.84. The number of para-hydroxylation sites is 1. The van der Waals surface area contributed by atoms with Crippen LogP contribution >= 0.6 is 11.6 Å². The Hall–Kier alpha value is -2.05. The van der Waals surface area contributed by atoms with Crippen LogP contribution in [0.1, 0.15) is 12.5 Å². The lowest BCUT2D eigenvalue weighted by atomic mass is 10.2. The number of methoxy groups -OCH3 is 1. The summed E-state index contributed by atoms with van der Waals surface area (Å²) in [4.78, 5) is 8.00.